The van der Waals surface area contributed by atoms with E-state index in [-0.39, 0.29) is 10.8 Å². The Balaban J connectivity index is 2.38. The number of hydrogen-bond acceptors (Lipinski definition) is 3. The number of primary sulfonamides is 1. The summed E-state index contributed by atoms with van der Waals surface area (Å²) in [6.07, 6.45) is 2.33. The molecule has 5 nitrogen and oxygen atoms in total. The van der Waals surface area contributed by atoms with Crippen LogP contribution >= 0.6 is 0 Å². The van der Waals surface area contributed by atoms with Crippen molar-refractivity contribution >= 4 is 15.9 Å². The summed E-state index contributed by atoms with van der Waals surface area (Å²) in [5, 5.41) is 5.24. The van der Waals surface area contributed by atoms with Crippen molar-refractivity contribution in [2.45, 2.75) is 38.5 Å². The Kier molecular flexibility index (Phi) is 4.39. The third kappa shape index (κ3) is 3.63. The Labute approximate surface area is 126 Å². The molecule has 0 atom stereocenters. The van der Waals surface area contributed by atoms with E-state index in [0.29, 0.717) is 23.6 Å². The molecule has 0 unspecified atom stereocenters. The number of aryl methyl sites for hydroxylation is 1. The Morgan fingerprint density at radius 1 is 1.33 bits per heavy atom. The molecule has 0 saturated heterocycles. The average molecular weight is 310 g/mol. The SMILES string of the molecule is CCN(CC1CC1)C(=O)c1cc(C)c(C)c(S(N)(=O)=O)c1. The number of rotatable bonds is 5. The summed E-state index contributed by atoms with van der Waals surface area (Å²) >= 11 is 0. The molecule has 1 saturated carbocycles. The van der Waals surface area contributed by atoms with Crippen molar-refractivity contribution in [2.24, 2.45) is 11.1 Å². The summed E-state index contributed by atoms with van der Waals surface area (Å²) in [6.45, 7) is 6.78. The van der Waals surface area contributed by atoms with Gasteiger partial charge in [-0.2, -0.15) is 0 Å². The van der Waals surface area contributed by atoms with Gasteiger partial charge in [0.1, 0.15) is 0 Å². The van der Waals surface area contributed by atoms with E-state index < -0.39 is 10.0 Å². The maximum absolute atomic E-state index is 12.6. The highest BCUT2D eigenvalue weighted by Gasteiger charge is 2.27. The first-order valence-corrected chi connectivity index (χ1v) is 8.72. The fourth-order valence-corrected chi connectivity index (χ4v) is 3.28. The predicted molar refractivity (Wildman–Crippen MR) is 81.6 cm³/mol. The highest BCUT2D eigenvalue weighted by atomic mass is 32.2. The van der Waals surface area contributed by atoms with Crippen molar-refractivity contribution in [3.63, 3.8) is 0 Å². The smallest absolute Gasteiger partial charge is 0.253 e. The second-order valence-corrected chi connectivity index (χ2v) is 7.28. The molecule has 1 aromatic carbocycles. The molecule has 2 N–H and O–H groups in total. The van der Waals surface area contributed by atoms with E-state index in [9.17, 15) is 13.2 Å². The molecule has 1 fully saturated rings. The van der Waals surface area contributed by atoms with Gasteiger partial charge in [0.25, 0.3) is 5.91 Å². The van der Waals surface area contributed by atoms with Crippen molar-refractivity contribution in [1.82, 2.24) is 4.90 Å². The predicted octanol–water partition coefficient (Wildman–Crippen LogP) is 1.82. The van der Waals surface area contributed by atoms with Crippen LogP contribution in [-0.2, 0) is 10.0 Å². The van der Waals surface area contributed by atoms with Gasteiger partial charge in [-0.15, -0.1) is 0 Å². The quantitative estimate of drug-likeness (QED) is 0.901. The third-order valence-electron chi connectivity index (χ3n) is 4.02. The van der Waals surface area contributed by atoms with Gasteiger partial charge < -0.3 is 4.90 Å². The molecule has 2 rings (SSSR count). The lowest BCUT2D eigenvalue weighted by atomic mass is 10.1. The molecule has 0 spiro atoms. The van der Waals surface area contributed by atoms with Crippen LogP contribution in [0.3, 0.4) is 0 Å². The molecule has 0 aromatic heterocycles. The van der Waals surface area contributed by atoms with Crippen LogP contribution in [0.25, 0.3) is 0 Å². The largest absolute Gasteiger partial charge is 0.339 e. The van der Waals surface area contributed by atoms with Crippen LogP contribution in [0, 0.1) is 19.8 Å². The summed E-state index contributed by atoms with van der Waals surface area (Å²) in [5.41, 5.74) is 1.75. The van der Waals surface area contributed by atoms with Crippen LogP contribution in [-0.4, -0.2) is 32.3 Å². The van der Waals surface area contributed by atoms with Gasteiger partial charge in [0.15, 0.2) is 0 Å². The van der Waals surface area contributed by atoms with Crippen molar-refractivity contribution in [2.75, 3.05) is 13.1 Å². The first-order valence-electron chi connectivity index (χ1n) is 7.17. The minimum absolute atomic E-state index is 0.0355. The molecule has 1 aliphatic rings. The molecule has 1 amide bonds. The lowest BCUT2D eigenvalue weighted by molar-refractivity contribution is 0.0756. The summed E-state index contributed by atoms with van der Waals surface area (Å²) in [6, 6.07) is 3.14. The molecular formula is C15H22N2O3S. The Bertz CT molecular complexity index is 664. The Morgan fingerprint density at radius 3 is 2.43 bits per heavy atom. The van der Waals surface area contributed by atoms with Crippen molar-refractivity contribution < 1.29 is 13.2 Å². The van der Waals surface area contributed by atoms with E-state index in [4.69, 9.17) is 5.14 Å². The lowest BCUT2D eigenvalue weighted by Gasteiger charge is -2.21. The number of nitrogens with two attached hydrogens (primary N) is 1. The fourth-order valence-electron chi connectivity index (χ4n) is 2.40. The first-order chi connectivity index (χ1) is 9.74. The highest BCUT2D eigenvalue weighted by molar-refractivity contribution is 7.89. The number of hydrogen-bond donors (Lipinski definition) is 1. The zero-order valence-electron chi connectivity index (χ0n) is 12.7. The van der Waals surface area contributed by atoms with Crippen molar-refractivity contribution in [3.05, 3.63) is 28.8 Å². The normalized spacial score (nSPS) is 15.0. The van der Waals surface area contributed by atoms with Crippen molar-refractivity contribution in [3.8, 4) is 0 Å². The molecule has 6 heteroatoms. The maximum Gasteiger partial charge on any atom is 0.253 e. The monoisotopic (exact) mass is 310 g/mol. The molecule has 21 heavy (non-hydrogen) atoms. The highest BCUT2D eigenvalue weighted by Crippen LogP contribution is 2.30. The van der Waals surface area contributed by atoms with E-state index >= 15 is 0 Å². The second kappa shape index (κ2) is 5.77. The van der Waals surface area contributed by atoms with Crippen molar-refractivity contribution in [1.29, 1.82) is 0 Å². The standard InChI is InChI=1S/C15H22N2O3S/c1-4-17(9-12-5-6-12)15(18)13-7-10(2)11(3)14(8-13)21(16,19)20/h7-8,12H,4-6,9H2,1-3H3,(H2,16,19,20). The van der Waals surface area contributed by atoms with Gasteiger partial charge in [-0.1, -0.05) is 0 Å². The van der Waals surface area contributed by atoms with E-state index in [2.05, 4.69) is 0 Å². The molecular weight excluding hydrogens is 288 g/mol. The number of sulfonamides is 1. The number of carbonyl (C=O) groups excluding carboxylic acids is 1. The molecule has 1 aromatic rings. The van der Waals surface area contributed by atoms with Crippen LogP contribution in [0.4, 0.5) is 0 Å². The minimum atomic E-state index is -3.83. The molecule has 0 heterocycles. The van der Waals surface area contributed by atoms with Crippen LogP contribution in [0.1, 0.15) is 41.3 Å². The topological polar surface area (TPSA) is 80.5 Å². The number of nitrogens with zero attached hydrogens (tertiary/aromatic N) is 1. The van der Waals surface area contributed by atoms with E-state index in [1.54, 1.807) is 24.8 Å². The van der Waals surface area contributed by atoms with Gasteiger partial charge in [0.2, 0.25) is 10.0 Å². The van der Waals surface area contributed by atoms with Gasteiger partial charge >= 0.3 is 0 Å². The van der Waals surface area contributed by atoms with Crippen LogP contribution in [0.5, 0.6) is 0 Å². The minimum Gasteiger partial charge on any atom is -0.339 e. The molecule has 0 radical (unpaired) electrons. The van der Waals surface area contributed by atoms with Crippen LogP contribution < -0.4 is 5.14 Å². The summed E-state index contributed by atoms with van der Waals surface area (Å²) < 4.78 is 23.3. The van der Waals surface area contributed by atoms with E-state index in [1.807, 2.05) is 6.92 Å². The van der Waals surface area contributed by atoms with Gasteiger partial charge in [-0.3, -0.25) is 4.79 Å². The second-order valence-electron chi connectivity index (χ2n) is 5.75. The molecule has 0 bridgehead atoms. The van der Waals surface area contributed by atoms with Gasteiger partial charge in [-0.05, 0) is 62.8 Å². The van der Waals surface area contributed by atoms with Crippen LogP contribution in [0.15, 0.2) is 17.0 Å². The summed E-state index contributed by atoms with van der Waals surface area (Å²) in [5.74, 6) is 0.468. The Hall–Kier alpha value is -1.40. The van der Waals surface area contributed by atoms with Crippen LogP contribution in [0.2, 0.25) is 0 Å². The zero-order chi connectivity index (χ0) is 15.8. The lowest BCUT2D eigenvalue weighted by Crippen LogP contribution is -2.33. The average Bonchev–Trinajstić information content (AvgIpc) is 3.20. The summed E-state index contributed by atoms with van der Waals surface area (Å²) in [4.78, 5) is 14.4. The number of amides is 1. The van der Waals surface area contributed by atoms with Gasteiger partial charge in [0, 0.05) is 18.7 Å². The third-order valence-corrected chi connectivity index (χ3v) is 5.05. The van der Waals surface area contributed by atoms with E-state index in [0.717, 1.165) is 12.1 Å². The zero-order valence-corrected chi connectivity index (χ0v) is 13.5. The number of benzene rings is 1. The maximum atomic E-state index is 12.6. The summed E-state index contributed by atoms with van der Waals surface area (Å²) in [7, 11) is -3.83. The molecule has 116 valence electrons. The Morgan fingerprint density at radius 2 is 1.95 bits per heavy atom. The van der Waals surface area contributed by atoms with Gasteiger partial charge in [-0.25, -0.2) is 13.6 Å². The first kappa shape index (κ1) is 16.0. The van der Waals surface area contributed by atoms with E-state index in [1.165, 1.54) is 18.9 Å². The molecule has 1 aliphatic carbocycles. The molecule has 0 aliphatic heterocycles. The fraction of sp³-hybridized carbons (Fsp3) is 0.533. The van der Waals surface area contributed by atoms with Gasteiger partial charge in [0.05, 0.1) is 4.90 Å². The number of carbonyl (C=O) groups is 1.